The van der Waals surface area contributed by atoms with Crippen molar-refractivity contribution in [1.82, 2.24) is 14.6 Å². The molecular weight excluding hydrogens is 366 g/mol. The van der Waals surface area contributed by atoms with Gasteiger partial charge >= 0.3 is 5.97 Å². The predicted octanol–water partition coefficient (Wildman–Crippen LogP) is 4.50. The molecule has 0 bridgehead atoms. The maximum absolute atomic E-state index is 12.7. The summed E-state index contributed by atoms with van der Waals surface area (Å²) in [6.07, 6.45) is 1.76. The molecular formula is C23H17N3O3. The van der Waals surface area contributed by atoms with Crippen LogP contribution in [0.1, 0.15) is 10.4 Å². The number of nitrogens with zero attached hydrogens (tertiary/aromatic N) is 3. The molecule has 3 heterocycles. The fourth-order valence-electron chi connectivity index (χ4n) is 3.68. The molecule has 0 aliphatic rings. The van der Waals surface area contributed by atoms with Crippen LogP contribution in [0.2, 0.25) is 0 Å². The van der Waals surface area contributed by atoms with E-state index in [4.69, 9.17) is 14.6 Å². The second kappa shape index (κ2) is 6.60. The third-order valence-corrected chi connectivity index (χ3v) is 5.09. The Kier molecular flexibility index (Phi) is 3.91. The minimum atomic E-state index is -0.432. The Balaban J connectivity index is 1.90. The standard InChI is InChI=1S/C23H17N3O3/c1-28-17-10-7-15(8-11-17)20-19(23(27)29-2)18-12-9-16-6-5-14-4-3-13-24-21(14)22(16)26(18)25-20/h3-13H,1-2H3. The van der Waals surface area contributed by atoms with Crippen LogP contribution in [0.25, 0.3) is 38.6 Å². The summed E-state index contributed by atoms with van der Waals surface area (Å²) in [6, 6.07) is 19.3. The number of fused-ring (bicyclic) bond motifs is 5. The number of hydrogen-bond donors (Lipinski definition) is 0. The highest BCUT2D eigenvalue weighted by Gasteiger charge is 2.23. The molecule has 5 aromatic rings. The highest BCUT2D eigenvalue weighted by molar-refractivity contribution is 6.08. The van der Waals surface area contributed by atoms with Gasteiger partial charge < -0.3 is 9.47 Å². The van der Waals surface area contributed by atoms with Gasteiger partial charge in [0.05, 0.1) is 30.8 Å². The van der Waals surface area contributed by atoms with E-state index in [2.05, 4.69) is 4.98 Å². The van der Waals surface area contributed by atoms with E-state index in [0.29, 0.717) is 16.8 Å². The van der Waals surface area contributed by atoms with Gasteiger partial charge in [0.25, 0.3) is 0 Å². The lowest BCUT2D eigenvalue weighted by Crippen LogP contribution is -2.02. The van der Waals surface area contributed by atoms with Crippen molar-refractivity contribution in [2.75, 3.05) is 14.2 Å². The van der Waals surface area contributed by atoms with E-state index >= 15 is 0 Å². The average Bonchev–Trinajstić information content (AvgIpc) is 3.18. The minimum Gasteiger partial charge on any atom is -0.497 e. The first-order valence-electron chi connectivity index (χ1n) is 9.13. The minimum absolute atomic E-state index is 0.424. The topological polar surface area (TPSA) is 65.7 Å². The lowest BCUT2D eigenvalue weighted by molar-refractivity contribution is 0.0604. The number of pyridine rings is 2. The zero-order valence-corrected chi connectivity index (χ0v) is 15.9. The molecule has 3 aromatic heterocycles. The van der Waals surface area contributed by atoms with Gasteiger partial charge in [-0.05, 0) is 36.4 Å². The van der Waals surface area contributed by atoms with E-state index in [1.54, 1.807) is 17.8 Å². The summed E-state index contributed by atoms with van der Waals surface area (Å²) in [5.74, 6) is 0.302. The van der Waals surface area contributed by atoms with Crippen LogP contribution in [0, 0.1) is 0 Å². The van der Waals surface area contributed by atoms with Crippen LogP contribution in [-0.2, 0) is 4.74 Å². The second-order valence-electron chi connectivity index (χ2n) is 6.65. The van der Waals surface area contributed by atoms with E-state index in [1.807, 2.05) is 60.7 Å². The number of esters is 1. The summed E-state index contributed by atoms with van der Waals surface area (Å²) in [5.41, 5.74) is 4.14. The Hall–Kier alpha value is -3.93. The molecule has 0 spiro atoms. The molecule has 6 nitrogen and oxygen atoms in total. The third kappa shape index (κ3) is 2.61. The van der Waals surface area contributed by atoms with Crippen LogP contribution in [0.5, 0.6) is 5.75 Å². The van der Waals surface area contributed by atoms with E-state index in [1.165, 1.54) is 7.11 Å². The number of aromatic nitrogens is 3. The number of rotatable bonds is 3. The van der Waals surface area contributed by atoms with Crippen molar-refractivity contribution in [3.05, 3.63) is 72.4 Å². The molecule has 0 N–H and O–H groups in total. The monoisotopic (exact) mass is 383 g/mol. The molecule has 0 aliphatic carbocycles. The van der Waals surface area contributed by atoms with E-state index in [-0.39, 0.29) is 0 Å². The number of methoxy groups -OCH3 is 2. The van der Waals surface area contributed by atoms with E-state index < -0.39 is 5.97 Å². The largest absolute Gasteiger partial charge is 0.497 e. The first-order valence-corrected chi connectivity index (χ1v) is 9.13. The molecule has 2 aromatic carbocycles. The molecule has 0 amide bonds. The molecule has 0 radical (unpaired) electrons. The lowest BCUT2D eigenvalue weighted by Gasteiger charge is -2.05. The third-order valence-electron chi connectivity index (χ3n) is 5.09. The van der Waals surface area contributed by atoms with Gasteiger partial charge in [-0.1, -0.05) is 24.3 Å². The SMILES string of the molecule is COC(=O)c1c(-c2ccc(OC)cc2)nn2c1ccc1ccc3cccnc3c12. The first kappa shape index (κ1) is 17.2. The highest BCUT2D eigenvalue weighted by Crippen LogP contribution is 2.32. The molecule has 0 saturated heterocycles. The predicted molar refractivity (Wildman–Crippen MR) is 111 cm³/mol. The van der Waals surface area contributed by atoms with Gasteiger partial charge in [-0.2, -0.15) is 5.10 Å². The maximum Gasteiger partial charge on any atom is 0.342 e. The Morgan fingerprint density at radius 2 is 1.69 bits per heavy atom. The Morgan fingerprint density at radius 3 is 2.45 bits per heavy atom. The van der Waals surface area contributed by atoms with Crippen LogP contribution in [0.4, 0.5) is 0 Å². The zero-order chi connectivity index (χ0) is 20.0. The summed E-state index contributed by atoms with van der Waals surface area (Å²) in [7, 11) is 2.99. The van der Waals surface area contributed by atoms with Crippen LogP contribution in [0.15, 0.2) is 66.9 Å². The van der Waals surface area contributed by atoms with Crippen LogP contribution < -0.4 is 4.74 Å². The van der Waals surface area contributed by atoms with Crippen molar-refractivity contribution < 1.29 is 14.3 Å². The van der Waals surface area contributed by atoms with E-state index in [0.717, 1.165) is 33.1 Å². The van der Waals surface area contributed by atoms with Gasteiger partial charge in [0.1, 0.15) is 17.0 Å². The zero-order valence-electron chi connectivity index (χ0n) is 15.9. The van der Waals surface area contributed by atoms with Gasteiger partial charge in [0.15, 0.2) is 0 Å². The van der Waals surface area contributed by atoms with Crippen molar-refractivity contribution in [3.63, 3.8) is 0 Å². The number of carbonyl (C=O) groups is 1. The molecule has 5 rings (SSSR count). The van der Waals surface area contributed by atoms with Crippen molar-refractivity contribution in [3.8, 4) is 17.0 Å². The molecule has 6 heteroatoms. The van der Waals surface area contributed by atoms with Crippen molar-refractivity contribution >= 4 is 33.3 Å². The Bertz CT molecular complexity index is 1390. The summed E-state index contributed by atoms with van der Waals surface area (Å²) >= 11 is 0. The van der Waals surface area contributed by atoms with Crippen LogP contribution >= 0.6 is 0 Å². The Morgan fingerprint density at radius 1 is 0.931 bits per heavy atom. The lowest BCUT2D eigenvalue weighted by atomic mass is 10.1. The molecule has 142 valence electrons. The highest BCUT2D eigenvalue weighted by atomic mass is 16.5. The molecule has 0 aliphatic heterocycles. The average molecular weight is 383 g/mol. The van der Waals surface area contributed by atoms with Gasteiger partial charge in [0.2, 0.25) is 0 Å². The number of carbonyl (C=O) groups excluding carboxylic acids is 1. The van der Waals surface area contributed by atoms with Gasteiger partial charge in [-0.3, -0.25) is 4.98 Å². The van der Waals surface area contributed by atoms with Gasteiger partial charge in [-0.15, -0.1) is 0 Å². The molecule has 0 atom stereocenters. The fourth-order valence-corrected chi connectivity index (χ4v) is 3.68. The second-order valence-corrected chi connectivity index (χ2v) is 6.65. The molecule has 0 fully saturated rings. The Labute approximate surface area is 166 Å². The van der Waals surface area contributed by atoms with Crippen molar-refractivity contribution in [2.45, 2.75) is 0 Å². The van der Waals surface area contributed by atoms with Crippen molar-refractivity contribution in [2.24, 2.45) is 0 Å². The number of ether oxygens (including phenoxy) is 2. The quantitative estimate of drug-likeness (QED) is 0.339. The summed E-state index contributed by atoms with van der Waals surface area (Å²) in [6.45, 7) is 0. The van der Waals surface area contributed by atoms with E-state index in [9.17, 15) is 4.79 Å². The first-order chi connectivity index (χ1) is 14.2. The molecule has 0 saturated carbocycles. The summed E-state index contributed by atoms with van der Waals surface area (Å²) < 4.78 is 12.1. The smallest absolute Gasteiger partial charge is 0.342 e. The van der Waals surface area contributed by atoms with Gasteiger partial charge in [-0.25, -0.2) is 9.31 Å². The normalized spacial score (nSPS) is 11.2. The number of benzene rings is 2. The summed E-state index contributed by atoms with van der Waals surface area (Å²) in [5, 5.41) is 6.82. The number of hydrogen-bond acceptors (Lipinski definition) is 5. The van der Waals surface area contributed by atoms with Crippen molar-refractivity contribution in [1.29, 1.82) is 0 Å². The summed E-state index contributed by atoms with van der Waals surface area (Å²) in [4.78, 5) is 17.3. The molecule has 0 unspecified atom stereocenters. The van der Waals surface area contributed by atoms with Crippen LogP contribution in [-0.4, -0.2) is 34.8 Å². The van der Waals surface area contributed by atoms with Gasteiger partial charge in [0, 0.05) is 22.5 Å². The fraction of sp³-hybridized carbons (Fsp3) is 0.0870. The maximum atomic E-state index is 12.7. The molecule has 29 heavy (non-hydrogen) atoms. The van der Waals surface area contributed by atoms with Crippen LogP contribution in [0.3, 0.4) is 0 Å².